The number of aromatic nitrogens is 1. The maximum Gasteiger partial charge on any atom is 0.258 e. The Morgan fingerprint density at radius 2 is 1.79 bits per heavy atom. The number of pyridine rings is 1. The van der Waals surface area contributed by atoms with E-state index in [0.29, 0.717) is 29.2 Å². The maximum atomic E-state index is 13.2. The molecule has 1 saturated heterocycles. The van der Waals surface area contributed by atoms with Gasteiger partial charge in [0, 0.05) is 17.4 Å². The van der Waals surface area contributed by atoms with Crippen LogP contribution in [-0.4, -0.2) is 30.9 Å². The molecule has 0 aliphatic carbocycles. The lowest BCUT2D eigenvalue weighted by Gasteiger charge is -2.39. The summed E-state index contributed by atoms with van der Waals surface area (Å²) in [6, 6.07) is 13.3. The summed E-state index contributed by atoms with van der Waals surface area (Å²) in [6.45, 7) is 6.03. The Kier molecular flexibility index (Phi) is 5.14. The molecule has 0 unspecified atom stereocenters. The number of H-pyrrole nitrogens is 1. The van der Waals surface area contributed by atoms with Crippen LogP contribution in [0.4, 0.5) is 0 Å². The normalized spacial score (nSPS) is 25.2. The van der Waals surface area contributed by atoms with Crippen molar-refractivity contribution >= 4 is 10.9 Å². The summed E-state index contributed by atoms with van der Waals surface area (Å²) < 4.78 is 30.8. The van der Waals surface area contributed by atoms with Gasteiger partial charge in [0.2, 0.25) is 0 Å². The largest absolute Gasteiger partial charge is 0.493 e. The van der Waals surface area contributed by atoms with Crippen LogP contribution in [0.5, 0.6) is 17.2 Å². The quantitative estimate of drug-likeness (QED) is 0.599. The minimum Gasteiger partial charge on any atom is -0.493 e. The fraction of sp³-hybridized carbons (Fsp3) is 0.423. The molecule has 0 amide bonds. The first kappa shape index (κ1) is 21.8. The minimum atomic E-state index is -1.05. The van der Waals surface area contributed by atoms with Crippen molar-refractivity contribution in [2.24, 2.45) is 0 Å². The molecule has 5 rings (SSSR count). The Labute approximate surface area is 192 Å². The molecule has 2 aliphatic heterocycles. The van der Waals surface area contributed by atoms with E-state index in [1.807, 2.05) is 56.3 Å². The second kappa shape index (κ2) is 7.78. The molecule has 1 N–H and O–H groups in total. The SMILES string of the molecule is CCC[C@]1(c2ccc(OC)c(OC)c2)O[C@H]2c3c(c4ccccc4[nH]c3=O)OC(C)(C)[C@H]2O1. The Balaban J connectivity index is 1.68. The third-order valence-corrected chi connectivity index (χ3v) is 6.56. The molecule has 3 atom stereocenters. The number of methoxy groups -OCH3 is 2. The summed E-state index contributed by atoms with van der Waals surface area (Å²) in [7, 11) is 3.20. The monoisotopic (exact) mass is 451 g/mol. The molecule has 1 fully saturated rings. The van der Waals surface area contributed by atoms with Gasteiger partial charge in [0.15, 0.2) is 17.3 Å². The van der Waals surface area contributed by atoms with E-state index in [1.165, 1.54) is 0 Å². The summed E-state index contributed by atoms with van der Waals surface area (Å²) in [6.07, 6.45) is 0.353. The highest BCUT2D eigenvalue weighted by Crippen LogP contribution is 2.55. The van der Waals surface area contributed by atoms with Crippen LogP contribution in [0, 0.1) is 0 Å². The van der Waals surface area contributed by atoms with Gasteiger partial charge in [-0.15, -0.1) is 0 Å². The van der Waals surface area contributed by atoms with E-state index >= 15 is 0 Å². The summed E-state index contributed by atoms with van der Waals surface area (Å²) in [4.78, 5) is 16.2. The number of hydrogen-bond acceptors (Lipinski definition) is 6. The average Bonchev–Trinajstić information content (AvgIpc) is 3.20. The highest BCUT2D eigenvalue weighted by Gasteiger charge is 2.59. The Morgan fingerprint density at radius 3 is 2.52 bits per heavy atom. The number of hydrogen-bond donors (Lipinski definition) is 1. The Hall–Kier alpha value is -3.03. The number of para-hydroxylation sites is 1. The summed E-state index contributed by atoms with van der Waals surface area (Å²) in [5.74, 6) is 0.723. The summed E-state index contributed by atoms with van der Waals surface area (Å²) >= 11 is 0. The van der Waals surface area contributed by atoms with Crippen molar-refractivity contribution in [3.8, 4) is 17.2 Å². The molecule has 2 aromatic carbocycles. The molecule has 3 heterocycles. The standard InChI is InChI=1S/C26H29NO6/c1-6-13-26(15-11-12-18(29-4)19(14-15)30-5)32-22-20-21(31-25(2,3)23(22)33-26)16-9-7-8-10-17(16)27-24(20)28/h7-12,14,22-23H,6,13H2,1-5H3,(H,27,28)/t22-,23-,26-/m0/s1. The van der Waals surface area contributed by atoms with E-state index in [0.717, 1.165) is 22.9 Å². The molecule has 1 aromatic heterocycles. The van der Waals surface area contributed by atoms with E-state index in [-0.39, 0.29) is 5.56 Å². The molecule has 33 heavy (non-hydrogen) atoms. The summed E-state index contributed by atoms with van der Waals surface area (Å²) in [5, 5.41) is 0.848. The van der Waals surface area contributed by atoms with Crippen molar-refractivity contribution in [1.29, 1.82) is 0 Å². The van der Waals surface area contributed by atoms with Crippen LogP contribution in [0.15, 0.2) is 47.3 Å². The molecule has 0 bridgehead atoms. The maximum absolute atomic E-state index is 13.2. The number of fused-ring (bicyclic) bond motifs is 5. The number of aromatic amines is 1. The molecule has 2 aliphatic rings. The van der Waals surface area contributed by atoms with Crippen molar-refractivity contribution < 1.29 is 23.7 Å². The van der Waals surface area contributed by atoms with Crippen LogP contribution in [0.1, 0.15) is 50.8 Å². The molecule has 0 saturated carbocycles. The van der Waals surface area contributed by atoms with Gasteiger partial charge < -0.3 is 28.7 Å². The van der Waals surface area contributed by atoms with Crippen molar-refractivity contribution in [2.45, 2.75) is 57.2 Å². The lowest BCUT2D eigenvalue weighted by molar-refractivity contribution is -0.199. The van der Waals surface area contributed by atoms with Crippen molar-refractivity contribution in [1.82, 2.24) is 4.98 Å². The molecule has 3 aromatic rings. The van der Waals surface area contributed by atoms with Crippen LogP contribution in [-0.2, 0) is 15.3 Å². The third-order valence-electron chi connectivity index (χ3n) is 6.56. The topological polar surface area (TPSA) is 79.0 Å². The molecular weight excluding hydrogens is 422 g/mol. The van der Waals surface area contributed by atoms with Gasteiger partial charge in [0.05, 0.1) is 25.3 Å². The fourth-order valence-corrected chi connectivity index (χ4v) is 5.00. The van der Waals surface area contributed by atoms with Crippen molar-refractivity contribution in [2.75, 3.05) is 14.2 Å². The van der Waals surface area contributed by atoms with Crippen LogP contribution in [0.2, 0.25) is 0 Å². The lowest BCUT2D eigenvalue weighted by Crippen LogP contribution is -2.49. The second-order valence-corrected chi connectivity index (χ2v) is 9.10. The zero-order valence-electron chi connectivity index (χ0n) is 19.6. The molecule has 174 valence electrons. The van der Waals surface area contributed by atoms with Gasteiger partial charge in [-0.2, -0.15) is 0 Å². The van der Waals surface area contributed by atoms with Crippen molar-refractivity contribution in [3.63, 3.8) is 0 Å². The highest BCUT2D eigenvalue weighted by atomic mass is 16.8. The first-order valence-electron chi connectivity index (χ1n) is 11.3. The molecule has 7 heteroatoms. The molecule has 7 nitrogen and oxygen atoms in total. The average molecular weight is 452 g/mol. The highest BCUT2D eigenvalue weighted by molar-refractivity contribution is 5.86. The van der Waals surface area contributed by atoms with E-state index in [4.69, 9.17) is 23.7 Å². The fourth-order valence-electron chi connectivity index (χ4n) is 5.00. The van der Waals surface area contributed by atoms with Crippen LogP contribution < -0.4 is 19.8 Å². The van der Waals surface area contributed by atoms with Gasteiger partial charge in [-0.1, -0.05) is 25.5 Å². The van der Waals surface area contributed by atoms with Crippen LogP contribution in [0.25, 0.3) is 10.9 Å². The van der Waals surface area contributed by atoms with E-state index in [9.17, 15) is 4.79 Å². The summed E-state index contributed by atoms with van der Waals surface area (Å²) in [5.41, 5.74) is 1.06. The molecule has 0 radical (unpaired) electrons. The Bertz CT molecular complexity index is 1270. The lowest BCUT2D eigenvalue weighted by atomic mass is 9.88. The molecule has 0 spiro atoms. The second-order valence-electron chi connectivity index (χ2n) is 9.10. The first-order valence-corrected chi connectivity index (χ1v) is 11.3. The van der Waals surface area contributed by atoms with Gasteiger partial charge in [-0.25, -0.2) is 0 Å². The van der Waals surface area contributed by atoms with Crippen LogP contribution in [0.3, 0.4) is 0 Å². The van der Waals surface area contributed by atoms with Gasteiger partial charge in [0.1, 0.15) is 23.6 Å². The van der Waals surface area contributed by atoms with E-state index < -0.39 is 23.6 Å². The zero-order valence-corrected chi connectivity index (χ0v) is 19.6. The Morgan fingerprint density at radius 1 is 1.03 bits per heavy atom. The van der Waals surface area contributed by atoms with Gasteiger partial charge >= 0.3 is 0 Å². The number of nitrogens with one attached hydrogen (secondary N) is 1. The number of ether oxygens (including phenoxy) is 5. The van der Waals surface area contributed by atoms with E-state index in [2.05, 4.69) is 11.9 Å². The van der Waals surface area contributed by atoms with Crippen molar-refractivity contribution in [3.05, 3.63) is 63.9 Å². The number of benzene rings is 2. The third kappa shape index (κ3) is 3.30. The number of rotatable bonds is 5. The van der Waals surface area contributed by atoms with Gasteiger partial charge in [-0.3, -0.25) is 4.79 Å². The van der Waals surface area contributed by atoms with Crippen LogP contribution >= 0.6 is 0 Å². The predicted octanol–water partition coefficient (Wildman–Crippen LogP) is 4.83. The first-order chi connectivity index (χ1) is 15.8. The van der Waals surface area contributed by atoms with E-state index in [1.54, 1.807) is 14.2 Å². The van der Waals surface area contributed by atoms with Gasteiger partial charge in [-0.05, 0) is 44.2 Å². The molecular formula is C26H29NO6. The zero-order chi connectivity index (χ0) is 23.4. The smallest absolute Gasteiger partial charge is 0.258 e. The predicted molar refractivity (Wildman–Crippen MR) is 124 cm³/mol. The minimum absolute atomic E-state index is 0.225. The van der Waals surface area contributed by atoms with Gasteiger partial charge in [0.25, 0.3) is 5.56 Å².